The van der Waals surface area contributed by atoms with Gasteiger partial charge >= 0.3 is 0 Å². The lowest BCUT2D eigenvalue weighted by Gasteiger charge is -2.31. The van der Waals surface area contributed by atoms with E-state index in [2.05, 4.69) is 9.88 Å². The molecule has 2 saturated heterocycles. The Morgan fingerprint density at radius 3 is 2.53 bits per heavy atom. The molecular formula is C24H27N3O5. The Kier molecular flexibility index (Phi) is 6.53. The number of hydrogen-bond acceptors (Lipinski definition) is 7. The van der Waals surface area contributed by atoms with Gasteiger partial charge < -0.3 is 19.5 Å². The van der Waals surface area contributed by atoms with Crippen molar-refractivity contribution in [3.63, 3.8) is 0 Å². The second-order valence-electron chi connectivity index (χ2n) is 7.91. The average Bonchev–Trinajstić information content (AvgIpc) is 3.08. The van der Waals surface area contributed by atoms with Crippen molar-refractivity contribution in [2.45, 2.75) is 13.0 Å². The lowest BCUT2D eigenvalue weighted by molar-refractivity contribution is -0.140. The monoisotopic (exact) mass is 437 g/mol. The Morgan fingerprint density at radius 2 is 1.88 bits per heavy atom. The van der Waals surface area contributed by atoms with E-state index in [1.54, 1.807) is 54.7 Å². The number of rotatable bonds is 6. The SMILES string of the molecule is COc1ccc(/C(O)=C2/C(=O)C(=O)N(CCN3CCOCC3)C2c2ccncc2)c(C)c1. The zero-order chi connectivity index (χ0) is 22.7. The lowest BCUT2D eigenvalue weighted by atomic mass is 9.94. The number of nitrogens with zero attached hydrogens (tertiary/aromatic N) is 3. The first-order valence-electron chi connectivity index (χ1n) is 10.6. The zero-order valence-corrected chi connectivity index (χ0v) is 18.3. The van der Waals surface area contributed by atoms with Gasteiger partial charge in [0, 0.05) is 44.1 Å². The molecular weight excluding hydrogens is 410 g/mol. The van der Waals surface area contributed by atoms with E-state index in [1.165, 1.54) is 0 Å². The molecule has 0 aliphatic carbocycles. The quantitative estimate of drug-likeness (QED) is 0.421. The van der Waals surface area contributed by atoms with Crippen molar-refractivity contribution in [3.05, 3.63) is 65.0 Å². The maximum absolute atomic E-state index is 13.1. The molecule has 0 radical (unpaired) electrons. The number of carbonyl (C=O) groups excluding carboxylic acids is 2. The highest BCUT2D eigenvalue weighted by molar-refractivity contribution is 6.46. The molecule has 2 aromatic rings. The smallest absolute Gasteiger partial charge is 0.295 e. The molecule has 1 N–H and O–H groups in total. The van der Waals surface area contributed by atoms with E-state index in [-0.39, 0.29) is 11.3 Å². The summed E-state index contributed by atoms with van der Waals surface area (Å²) < 4.78 is 10.6. The fourth-order valence-electron chi connectivity index (χ4n) is 4.25. The number of aliphatic hydroxyl groups excluding tert-OH is 1. The van der Waals surface area contributed by atoms with E-state index < -0.39 is 17.7 Å². The predicted molar refractivity (Wildman–Crippen MR) is 118 cm³/mol. The number of amides is 1. The number of aryl methyl sites for hydroxylation is 1. The van der Waals surface area contributed by atoms with Crippen molar-refractivity contribution in [1.29, 1.82) is 0 Å². The van der Waals surface area contributed by atoms with Crippen molar-refractivity contribution in [3.8, 4) is 5.75 Å². The number of hydrogen-bond donors (Lipinski definition) is 1. The van der Waals surface area contributed by atoms with Crippen molar-refractivity contribution in [1.82, 2.24) is 14.8 Å². The third kappa shape index (κ3) is 4.24. The Labute approximate surface area is 187 Å². The minimum atomic E-state index is -0.680. The first-order valence-corrected chi connectivity index (χ1v) is 10.6. The molecule has 4 rings (SSSR count). The minimum absolute atomic E-state index is 0.0939. The van der Waals surface area contributed by atoms with Gasteiger partial charge in [0.25, 0.3) is 11.7 Å². The molecule has 2 fully saturated rings. The van der Waals surface area contributed by atoms with Gasteiger partial charge in [-0.25, -0.2) is 0 Å². The summed E-state index contributed by atoms with van der Waals surface area (Å²) in [4.78, 5) is 34.0. The second-order valence-corrected chi connectivity index (χ2v) is 7.91. The summed E-state index contributed by atoms with van der Waals surface area (Å²) >= 11 is 0. The maximum Gasteiger partial charge on any atom is 0.295 e. The number of likely N-dealkylation sites (tertiary alicyclic amines) is 1. The standard InChI is InChI=1S/C24H27N3O5/c1-16-15-18(31-2)3-4-19(16)22(28)20-21(17-5-7-25-8-6-17)27(24(30)23(20)29)10-9-26-11-13-32-14-12-26/h3-8,15,21,28H,9-14H2,1-2H3/b22-20-. The summed E-state index contributed by atoms with van der Waals surface area (Å²) in [5.41, 5.74) is 2.07. The van der Waals surface area contributed by atoms with E-state index in [0.717, 1.165) is 24.2 Å². The number of aliphatic hydroxyl groups is 1. The van der Waals surface area contributed by atoms with E-state index in [4.69, 9.17) is 9.47 Å². The molecule has 1 aromatic carbocycles. The van der Waals surface area contributed by atoms with Crippen LogP contribution in [0.4, 0.5) is 0 Å². The van der Waals surface area contributed by atoms with E-state index >= 15 is 0 Å². The first-order chi connectivity index (χ1) is 15.5. The molecule has 8 heteroatoms. The fraction of sp³-hybridized carbons (Fsp3) is 0.375. The van der Waals surface area contributed by atoms with Crippen LogP contribution >= 0.6 is 0 Å². The summed E-state index contributed by atoms with van der Waals surface area (Å²) in [6.07, 6.45) is 3.24. The van der Waals surface area contributed by atoms with Gasteiger partial charge in [0.2, 0.25) is 0 Å². The highest BCUT2D eigenvalue weighted by atomic mass is 16.5. The van der Waals surface area contributed by atoms with Gasteiger partial charge in [0.05, 0.1) is 31.9 Å². The molecule has 0 saturated carbocycles. The molecule has 0 spiro atoms. The lowest BCUT2D eigenvalue weighted by Crippen LogP contribution is -2.42. The molecule has 1 amide bonds. The van der Waals surface area contributed by atoms with Crippen molar-refractivity contribution < 1.29 is 24.2 Å². The van der Waals surface area contributed by atoms with Gasteiger partial charge in [-0.3, -0.25) is 19.5 Å². The summed E-state index contributed by atoms with van der Waals surface area (Å²) in [7, 11) is 1.57. The molecule has 1 unspecified atom stereocenters. The van der Waals surface area contributed by atoms with E-state index in [9.17, 15) is 14.7 Å². The molecule has 168 valence electrons. The number of benzene rings is 1. The van der Waals surface area contributed by atoms with Gasteiger partial charge in [-0.05, 0) is 48.4 Å². The van der Waals surface area contributed by atoms with E-state index in [0.29, 0.717) is 37.6 Å². The Balaban J connectivity index is 1.73. The number of ketones is 1. The van der Waals surface area contributed by atoms with Crippen LogP contribution in [-0.2, 0) is 14.3 Å². The molecule has 3 heterocycles. The molecule has 2 aliphatic heterocycles. The number of carbonyl (C=O) groups is 2. The van der Waals surface area contributed by atoms with Crippen molar-refractivity contribution in [2.75, 3.05) is 46.5 Å². The zero-order valence-electron chi connectivity index (χ0n) is 18.3. The maximum atomic E-state index is 13.1. The third-order valence-corrected chi connectivity index (χ3v) is 6.01. The molecule has 1 atom stereocenters. The Hall–Kier alpha value is -3.23. The van der Waals surface area contributed by atoms with Crippen LogP contribution in [0.15, 0.2) is 48.3 Å². The van der Waals surface area contributed by atoms with Gasteiger partial charge in [-0.1, -0.05) is 0 Å². The highest BCUT2D eigenvalue weighted by Crippen LogP contribution is 2.39. The van der Waals surface area contributed by atoms with E-state index in [1.807, 2.05) is 6.92 Å². The summed E-state index contributed by atoms with van der Waals surface area (Å²) in [5.74, 6) is -0.816. The number of pyridine rings is 1. The first kappa shape index (κ1) is 22.0. The molecule has 8 nitrogen and oxygen atoms in total. The number of Topliss-reactive ketones (excluding diaryl/α,β-unsaturated/α-hetero) is 1. The largest absolute Gasteiger partial charge is 0.507 e. The summed E-state index contributed by atoms with van der Waals surface area (Å²) in [6.45, 7) is 5.71. The van der Waals surface area contributed by atoms with Crippen LogP contribution < -0.4 is 4.74 Å². The molecule has 0 bridgehead atoms. The summed E-state index contributed by atoms with van der Waals surface area (Å²) in [5, 5.41) is 11.2. The van der Waals surface area contributed by atoms with Crippen LogP contribution in [0.25, 0.3) is 5.76 Å². The highest BCUT2D eigenvalue weighted by Gasteiger charge is 2.46. The topological polar surface area (TPSA) is 92.2 Å². The third-order valence-electron chi connectivity index (χ3n) is 6.01. The van der Waals surface area contributed by atoms with Crippen LogP contribution in [0, 0.1) is 6.92 Å². The van der Waals surface area contributed by atoms with Gasteiger partial charge in [-0.15, -0.1) is 0 Å². The number of ether oxygens (including phenoxy) is 2. The summed E-state index contributed by atoms with van der Waals surface area (Å²) in [6, 6.07) is 8.07. The molecule has 1 aromatic heterocycles. The van der Waals surface area contributed by atoms with Gasteiger partial charge in [0.15, 0.2) is 0 Å². The van der Waals surface area contributed by atoms with Crippen LogP contribution in [0.2, 0.25) is 0 Å². The predicted octanol–water partition coefficient (Wildman–Crippen LogP) is 2.15. The number of methoxy groups -OCH3 is 1. The molecule has 2 aliphatic rings. The van der Waals surface area contributed by atoms with Gasteiger partial charge in [-0.2, -0.15) is 0 Å². The molecule has 32 heavy (non-hydrogen) atoms. The Bertz CT molecular complexity index is 1030. The van der Waals surface area contributed by atoms with Crippen LogP contribution in [-0.4, -0.2) is 78.1 Å². The number of morpholine rings is 1. The van der Waals surface area contributed by atoms with Crippen molar-refractivity contribution >= 4 is 17.4 Å². The van der Waals surface area contributed by atoms with Crippen LogP contribution in [0.3, 0.4) is 0 Å². The van der Waals surface area contributed by atoms with Gasteiger partial charge in [0.1, 0.15) is 11.5 Å². The van der Waals surface area contributed by atoms with Crippen LogP contribution in [0.5, 0.6) is 5.75 Å². The van der Waals surface area contributed by atoms with Crippen LogP contribution in [0.1, 0.15) is 22.7 Å². The fourth-order valence-corrected chi connectivity index (χ4v) is 4.25. The van der Waals surface area contributed by atoms with Crippen molar-refractivity contribution in [2.24, 2.45) is 0 Å². The minimum Gasteiger partial charge on any atom is -0.507 e. The average molecular weight is 437 g/mol. The second kappa shape index (κ2) is 9.50. The number of aromatic nitrogens is 1. The normalized spacial score (nSPS) is 21.2. The Morgan fingerprint density at radius 1 is 1.16 bits per heavy atom.